The van der Waals surface area contributed by atoms with Crippen molar-refractivity contribution in [2.45, 2.75) is 24.3 Å². The molecular weight excluding hydrogens is 484 g/mol. The largest absolute Gasteiger partial charge is 0.355 e. The van der Waals surface area contributed by atoms with Gasteiger partial charge in [-0.3, -0.25) is 0 Å². The first-order valence-electron chi connectivity index (χ1n) is 12.7. The molecule has 6 N–H and O–H groups in total. The van der Waals surface area contributed by atoms with Gasteiger partial charge in [-0.1, -0.05) is 0 Å². The number of rotatable bonds is 8. The van der Waals surface area contributed by atoms with Crippen molar-refractivity contribution in [2.24, 2.45) is 11.5 Å². The second-order valence-electron chi connectivity index (χ2n) is 8.86. The third kappa shape index (κ3) is 5.62. The summed E-state index contributed by atoms with van der Waals surface area (Å²) in [6.07, 6.45) is 4.06. The van der Waals surface area contributed by atoms with Gasteiger partial charge in [0.05, 0.1) is 24.1 Å². The molecule has 8 bridgehead atoms. The maximum Gasteiger partial charge on any atom is 0.0701 e. The summed E-state index contributed by atoms with van der Waals surface area (Å²) in [4.78, 5) is 16.8. The molecule has 2 atom stereocenters. The molecule has 3 aromatic rings. The fourth-order valence-electron chi connectivity index (χ4n) is 4.37. The van der Waals surface area contributed by atoms with Crippen LogP contribution in [0.2, 0.25) is 0 Å². The first kappa shape index (κ1) is 23.6. The number of aromatic nitrogens is 4. The van der Waals surface area contributed by atoms with Crippen LogP contribution in [0.5, 0.6) is 0 Å². The lowest BCUT2D eigenvalue weighted by Crippen LogP contribution is -2.07. The molecule has 2 unspecified atom stereocenters. The van der Waals surface area contributed by atoms with Crippen molar-refractivity contribution < 1.29 is 1.37 Å². The number of H-pyrrole nitrogens is 2. The molecule has 8 heteroatoms. The van der Waals surface area contributed by atoms with E-state index in [2.05, 4.69) is 42.0 Å². The Hall–Kier alpha value is -2.78. The van der Waals surface area contributed by atoms with E-state index in [0.717, 1.165) is 56.2 Å². The Morgan fingerprint density at radius 3 is 2.19 bits per heavy atom. The van der Waals surface area contributed by atoms with Crippen molar-refractivity contribution in [3.05, 3.63) is 70.8 Å². The fourth-order valence-corrected chi connectivity index (χ4v) is 6.07. The Bertz CT molecular complexity index is 1520. The van der Waals surface area contributed by atoms with Crippen molar-refractivity contribution in [1.82, 2.24) is 19.9 Å². The number of nitrogens with zero attached hydrogens (tertiary/aromatic N) is 2. The zero-order chi connectivity index (χ0) is 25.9. The van der Waals surface area contributed by atoms with Gasteiger partial charge < -0.3 is 21.4 Å². The number of thioether (sulfide) groups is 2. The van der Waals surface area contributed by atoms with Crippen molar-refractivity contribution in [3.8, 4) is 0 Å². The third-order valence-corrected chi connectivity index (χ3v) is 8.52. The number of nitrogens with two attached hydrogens (primary N) is 2. The van der Waals surface area contributed by atoms with Crippen molar-refractivity contribution in [2.75, 3.05) is 24.6 Å². The fraction of sp³-hybridized carbons (Fsp3) is 0.286. The van der Waals surface area contributed by atoms with E-state index in [1.165, 1.54) is 5.56 Å². The molecule has 0 saturated heterocycles. The third-order valence-electron chi connectivity index (χ3n) is 6.09. The summed E-state index contributed by atoms with van der Waals surface area (Å²) in [6.45, 7) is 5.58. The molecule has 0 spiro atoms. The highest BCUT2D eigenvalue weighted by Crippen LogP contribution is 2.34. The van der Waals surface area contributed by atoms with Gasteiger partial charge in [0.25, 0.3) is 0 Å². The van der Waals surface area contributed by atoms with E-state index in [1.54, 1.807) is 11.8 Å². The molecule has 2 aliphatic rings. The number of fused-ring (bicyclic) bond motifs is 8. The molecule has 5 heterocycles. The molecule has 3 aromatic heterocycles. The van der Waals surface area contributed by atoms with Crippen LogP contribution < -0.4 is 11.5 Å². The van der Waals surface area contributed by atoms with Crippen LogP contribution in [-0.2, 0) is 0 Å². The second-order valence-corrected chi connectivity index (χ2v) is 11.8. The van der Waals surface area contributed by atoms with Gasteiger partial charge >= 0.3 is 0 Å². The number of nitrogens with one attached hydrogen (secondary N) is 2. The van der Waals surface area contributed by atoms with E-state index >= 15 is 0 Å². The van der Waals surface area contributed by atoms with Crippen LogP contribution in [0, 0.1) is 0 Å². The lowest BCUT2D eigenvalue weighted by molar-refractivity contribution is 1.09. The number of hydrogen-bond donors (Lipinski definition) is 4. The van der Waals surface area contributed by atoms with E-state index in [1.807, 2.05) is 48.2 Å². The van der Waals surface area contributed by atoms with E-state index in [-0.39, 0.29) is 10.5 Å². The Labute approximate surface area is 221 Å². The van der Waals surface area contributed by atoms with Crippen molar-refractivity contribution in [3.63, 3.8) is 0 Å². The summed E-state index contributed by atoms with van der Waals surface area (Å²) < 4.78 is 9.00. The van der Waals surface area contributed by atoms with Crippen LogP contribution in [0.3, 0.4) is 0 Å². The summed E-state index contributed by atoms with van der Waals surface area (Å²) in [7, 11) is 0. The molecule has 186 valence electrons. The van der Waals surface area contributed by atoms with Crippen molar-refractivity contribution in [1.29, 1.82) is 0 Å². The summed E-state index contributed by atoms with van der Waals surface area (Å²) in [6, 6.07) is 14.8. The monoisotopic (exact) mass is 517 g/mol. The molecule has 0 amide bonds. The maximum atomic E-state index is 9.00. The molecule has 0 saturated carbocycles. The Morgan fingerprint density at radius 2 is 1.47 bits per heavy atom. The van der Waals surface area contributed by atoms with Gasteiger partial charge in [-0.2, -0.15) is 23.5 Å². The summed E-state index contributed by atoms with van der Waals surface area (Å²) in [5, 5.41) is 0.354. The zero-order valence-electron chi connectivity index (χ0n) is 21.5. The molecule has 5 rings (SSSR count). The molecule has 36 heavy (non-hydrogen) atoms. The average Bonchev–Trinajstić information content (AvgIpc) is 3.65. The number of aromatic amines is 2. The quantitative estimate of drug-likeness (QED) is 0.233. The first-order valence-corrected chi connectivity index (χ1v) is 14.3. The van der Waals surface area contributed by atoms with E-state index < -0.39 is 0 Å². The molecule has 0 radical (unpaired) electrons. The highest BCUT2D eigenvalue weighted by atomic mass is 32.2. The van der Waals surface area contributed by atoms with Gasteiger partial charge in [-0.25, -0.2) is 9.97 Å². The molecule has 0 aliphatic carbocycles. The van der Waals surface area contributed by atoms with Crippen LogP contribution in [0.25, 0.3) is 45.8 Å². The predicted molar refractivity (Wildman–Crippen MR) is 159 cm³/mol. The van der Waals surface area contributed by atoms with E-state index in [9.17, 15) is 0 Å². The van der Waals surface area contributed by atoms with Gasteiger partial charge in [0.15, 0.2) is 0 Å². The molecule has 0 fully saturated rings. The summed E-state index contributed by atoms with van der Waals surface area (Å²) in [5.41, 5.74) is 20.8. The van der Waals surface area contributed by atoms with E-state index in [4.69, 9.17) is 22.8 Å². The molecule has 6 nitrogen and oxygen atoms in total. The Morgan fingerprint density at radius 1 is 0.806 bits per heavy atom. The minimum Gasteiger partial charge on any atom is -0.355 e. The van der Waals surface area contributed by atoms with Gasteiger partial charge in [-0.15, -0.1) is 0 Å². The number of hydrogen-bond acceptors (Lipinski definition) is 6. The van der Waals surface area contributed by atoms with Crippen LogP contribution in [-0.4, -0.2) is 49.8 Å². The van der Waals surface area contributed by atoms with Gasteiger partial charge in [-0.05, 0) is 85.7 Å². The normalized spacial score (nSPS) is 15.3. The highest BCUT2D eigenvalue weighted by Gasteiger charge is 2.18. The van der Waals surface area contributed by atoms with Gasteiger partial charge in [0.2, 0.25) is 0 Å². The topological polar surface area (TPSA) is 109 Å². The highest BCUT2D eigenvalue weighted by molar-refractivity contribution is 8.00. The van der Waals surface area contributed by atoms with Crippen LogP contribution >= 0.6 is 23.5 Å². The van der Waals surface area contributed by atoms with Crippen LogP contribution in [0.1, 0.15) is 48.8 Å². The predicted octanol–water partition coefficient (Wildman–Crippen LogP) is 5.86. The van der Waals surface area contributed by atoms with Crippen LogP contribution in [0.4, 0.5) is 0 Å². The molecular formula is C28H32N6S2. The van der Waals surface area contributed by atoms with Gasteiger partial charge in [0.1, 0.15) is 0 Å². The minimum atomic E-state index is 0.0951. The SMILES string of the molecule is [2H]C1=C(C(C)SCCN)c2cc3cc(C(C)SCCN)c(cc4nc(cc5ccc(cc1n2)[nH]5)C=C4)[nH]3. The zero-order valence-corrected chi connectivity index (χ0v) is 22.2. The molecule has 0 aromatic carbocycles. The summed E-state index contributed by atoms with van der Waals surface area (Å²) >= 11 is 3.59. The first-order chi connectivity index (χ1) is 17.9. The standard InChI is InChI=1S/C28H32N6S2/c1-17(35-9-7-29)25-13-23-12-21-4-3-19(31-21)11-20-5-6-22(32-20)15-27-26(18(2)36-10-8-30)14-24(34-27)16-28(25)33-23/h3-6,11-18,31,34H,7-10,29-30H2,1-2H3/i13D. The maximum absolute atomic E-state index is 9.00. The average molecular weight is 518 g/mol. The van der Waals surface area contributed by atoms with Crippen LogP contribution in [0.15, 0.2) is 42.5 Å². The lowest BCUT2D eigenvalue weighted by Gasteiger charge is -2.11. The van der Waals surface area contributed by atoms with Gasteiger partial charge in [0, 0.05) is 57.2 Å². The van der Waals surface area contributed by atoms with E-state index in [0.29, 0.717) is 24.8 Å². The lowest BCUT2D eigenvalue weighted by atomic mass is 10.1. The Kier molecular flexibility index (Phi) is 7.27. The van der Waals surface area contributed by atoms with Crippen molar-refractivity contribution >= 4 is 69.4 Å². The summed E-state index contributed by atoms with van der Waals surface area (Å²) in [5.74, 6) is 1.72. The Balaban J connectivity index is 1.77. The minimum absolute atomic E-state index is 0.0951. The molecule has 2 aliphatic heterocycles. The second kappa shape index (κ2) is 11.1. The smallest absolute Gasteiger partial charge is 0.0701 e.